The van der Waals surface area contributed by atoms with Gasteiger partial charge in [-0.1, -0.05) is 26.7 Å². The molecule has 1 aromatic rings. The molecule has 1 rings (SSSR count). The smallest absolute Gasteiger partial charge is 0.109 e. The van der Waals surface area contributed by atoms with Gasteiger partial charge in [0.15, 0.2) is 0 Å². The minimum atomic E-state index is 0.582. The summed E-state index contributed by atoms with van der Waals surface area (Å²) in [6, 6.07) is 0. The summed E-state index contributed by atoms with van der Waals surface area (Å²) in [6.07, 6.45) is 5.70. The molecule has 0 amide bonds. The van der Waals surface area contributed by atoms with Crippen molar-refractivity contribution in [3.63, 3.8) is 0 Å². The van der Waals surface area contributed by atoms with E-state index in [0.717, 1.165) is 11.5 Å². The van der Waals surface area contributed by atoms with Gasteiger partial charge in [-0.05, 0) is 13.3 Å². The third-order valence-corrected chi connectivity index (χ3v) is 2.18. The number of imidazole rings is 1. The Morgan fingerprint density at radius 3 is 2.83 bits per heavy atom. The number of rotatable bonds is 4. The van der Waals surface area contributed by atoms with E-state index in [0.29, 0.717) is 5.92 Å². The van der Waals surface area contributed by atoms with Gasteiger partial charge >= 0.3 is 0 Å². The number of hydrogen-bond acceptors (Lipinski definition) is 1. The fourth-order valence-electron chi connectivity index (χ4n) is 1.33. The molecular formula is C10H18N2. The highest BCUT2D eigenvalue weighted by Crippen LogP contribution is 2.17. The predicted molar refractivity (Wildman–Crippen MR) is 51.3 cm³/mol. The van der Waals surface area contributed by atoms with Gasteiger partial charge in [0.1, 0.15) is 5.82 Å². The molecule has 0 unspecified atom stereocenters. The zero-order valence-corrected chi connectivity index (χ0v) is 8.22. The number of aryl methyl sites for hydroxylation is 1. The average Bonchev–Trinajstić information content (AvgIpc) is 2.47. The van der Waals surface area contributed by atoms with Crippen LogP contribution in [0, 0.1) is 6.92 Å². The van der Waals surface area contributed by atoms with Gasteiger partial charge < -0.3 is 4.98 Å². The molecule has 68 valence electrons. The molecule has 0 bridgehead atoms. The highest BCUT2D eigenvalue weighted by atomic mass is 14.9. The van der Waals surface area contributed by atoms with E-state index in [1.807, 2.05) is 13.1 Å². The van der Waals surface area contributed by atoms with E-state index in [2.05, 4.69) is 23.8 Å². The summed E-state index contributed by atoms with van der Waals surface area (Å²) in [7, 11) is 0. The van der Waals surface area contributed by atoms with Crippen molar-refractivity contribution in [2.24, 2.45) is 0 Å². The van der Waals surface area contributed by atoms with Gasteiger partial charge in [0.25, 0.3) is 0 Å². The lowest BCUT2D eigenvalue weighted by Gasteiger charge is -2.06. The molecule has 0 saturated heterocycles. The summed E-state index contributed by atoms with van der Waals surface area (Å²) in [4.78, 5) is 7.59. The number of hydrogen-bond donors (Lipinski definition) is 1. The monoisotopic (exact) mass is 166 g/mol. The van der Waals surface area contributed by atoms with E-state index in [1.165, 1.54) is 19.3 Å². The van der Waals surface area contributed by atoms with E-state index in [-0.39, 0.29) is 0 Å². The molecule has 0 aromatic carbocycles. The lowest BCUT2D eigenvalue weighted by molar-refractivity contribution is 0.600. The molecule has 1 atom stereocenters. The molecule has 0 radical (unpaired) electrons. The van der Waals surface area contributed by atoms with E-state index in [9.17, 15) is 0 Å². The Balaban J connectivity index is 2.47. The topological polar surface area (TPSA) is 28.7 Å². The predicted octanol–water partition coefficient (Wildman–Crippen LogP) is 3.01. The summed E-state index contributed by atoms with van der Waals surface area (Å²) in [5.74, 6) is 1.72. The first-order chi connectivity index (χ1) is 5.74. The van der Waals surface area contributed by atoms with Crippen LogP contribution < -0.4 is 0 Å². The highest BCUT2D eigenvalue weighted by molar-refractivity contribution is 5.02. The summed E-state index contributed by atoms with van der Waals surface area (Å²) in [5, 5.41) is 0. The van der Waals surface area contributed by atoms with Crippen molar-refractivity contribution in [1.82, 2.24) is 9.97 Å². The minimum Gasteiger partial charge on any atom is -0.346 e. The minimum absolute atomic E-state index is 0.582. The Morgan fingerprint density at radius 2 is 2.33 bits per heavy atom. The van der Waals surface area contributed by atoms with Crippen molar-refractivity contribution < 1.29 is 0 Å². The third kappa shape index (κ3) is 2.36. The number of unbranched alkanes of at least 4 members (excludes halogenated alkanes) is 1. The fraction of sp³-hybridized carbons (Fsp3) is 0.700. The zero-order valence-electron chi connectivity index (χ0n) is 8.22. The molecule has 0 aliphatic heterocycles. The van der Waals surface area contributed by atoms with Crippen LogP contribution in [0.15, 0.2) is 6.20 Å². The van der Waals surface area contributed by atoms with Crippen LogP contribution in [0.4, 0.5) is 0 Å². The molecule has 2 heteroatoms. The van der Waals surface area contributed by atoms with Gasteiger partial charge in [0.2, 0.25) is 0 Å². The molecule has 2 nitrogen and oxygen atoms in total. The zero-order chi connectivity index (χ0) is 8.97. The van der Waals surface area contributed by atoms with Crippen molar-refractivity contribution in [3.05, 3.63) is 17.7 Å². The largest absolute Gasteiger partial charge is 0.346 e. The van der Waals surface area contributed by atoms with Crippen molar-refractivity contribution >= 4 is 0 Å². The maximum atomic E-state index is 4.31. The number of aromatic nitrogens is 2. The molecule has 0 fully saturated rings. The Morgan fingerprint density at radius 1 is 1.58 bits per heavy atom. The van der Waals surface area contributed by atoms with Crippen LogP contribution >= 0.6 is 0 Å². The molecular weight excluding hydrogens is 148 g/mol. The van der Waals surface area contributed by atoms with Crippen LogP contribution in [0.5, 0.6) is 0 Å². The van der Waals surface area contributed by atoms with Crippen LogP contribution in [0.3, 0.4) is 0 Å². The number of nitrogens with zero attached hydrogens (tertiary/aromatic N) is 1. The van der Waals surface area contributed by atoms with Crippen molar-refractivity contribution in [1.29, 1.82) is 0 Å². The maximum absolute atomic E-state index is 4.31. The van der Waals surface area contributed by atoms with Crippen LogP contribution in [0.25, 0.3) is 0 Å². The molecule has 1 N–H and O–H groups in total. The Labute approximate surface area is 74.4 Å². The SMILES string of the molecule is CCCC[C@H](C)c1ncc(C)[nH]1. The van der Waals surface area contributed by atoms with Gasteiger partial charge in [-0.2, -0.15) is 0 Å². The van der Waals surface area contributed by atoms with Gasteiger partial charge in [-0.15, -0.1) is 0 Å². The first-order valence-corrected chi connectivity index (χ1v) is 4.75. The first-order valence-electron chi connectivity index (χ1n) is 4.75. The van der Waals surface area contributed by atoms with Crippen LogP contribution in [-0.2, 0) is 0 Å². The second-order valence-electron chi connectivity index (χ2n) is 3.49. The number of nitrogens with one attached hydrogen (secondary N) is 1. The standard InChI is InChI=1S/C10H18N2/c1-4-5-6-8(2)10-11-7-9(3)12-10/h7-8H,4-6H2,1-3H3,(H,11,12)/t8-/m0/s1. The second-order valence-corrected chi connectivity index (χ2v) is 3.49. The first kappa shape index (κ1) is 9.30. The van der Waals surface area contributed by atoms with Gasteiger partial charge in [-0.25, -0.2) is 4.98 Å². The van der Waals surface area contributed by atoms with Crippen molar-refractivity contribution in [2.75, 3.05) is 0 Å². The van der Waals surface area contributed by atoms with E-state index < -0.39 is 0 Å². The molecule has 1 heterocycles. The quantitative estimate of drug-likeness (QED) is 0.731. The number of H-pyrrole nitrogens is 1. The fourth-order valence-corrected chi connectivity index (χ4v) is 1.33. The molecule has 12 heavy (non-hydrogen) atoms. The third-order valence-electron chi connectivity index (χ3n) is 2.18. The lowest BCUT2D eigenvalue weighted by atomic mass is 10.0. The number of aromatic amines is 1. The Hall–Kier alpha value is -0.790. The van der Waals surface area contributed by atoms with Gasteiger partial charge in [0.05, 0.1) is 0 Å². The molecule has 0 spiro atoms. The Kier molecular flexibility index (Phi) is 3.32. The summed E-state index contributed by atoms with van der Waals surface area (Å²) in [5.41, 5.74) is 1.16. The summed E-state index contributed by atoms with van der Waals surface area (Å²) in [6.45, 7) is 6.50. The van der Waals surface area contributed by atoms with Crippen LogP contribution in [-0.4, -0.2) is 9.97 Å². The van der Waals surface area contributed by atoms with E-state index >= 15 is 0 Å². The molecule has 0 saturated carbocycles. The average molecular weight is 166 g/mol. The second kappa shape index (κ2) is 4.29. The molecule has 0 aliphatic rings. The van der Waals surface area contributed by atoms with Crippen molar-refractivity contribution in [2.45, 2.75) is 46.0 Å². The molecule has 1 aromatic heterocycles. The maximum Gasteiger partial charge on any atom is 0.109 e. The normalized spacial score (nSPS) is 13.2. The van der Waals surface area contributed by atoms with Gasteiger partial charge in [0, 0.05) is 17.8 Å². The Bertz CT molecular complexity index is 227. The van der Waals surface area contributed by atoms with E-state index in [4.69, 9.17) is 0 Å². The molecule has 0 aliphatic carbocycles. The van der Waals surface area contributed by atoms with Crippen molar-refractivity contribution in [3.8, 4) is 0 Å². The van der Waals surface area contributed by atoms with E-state index in [1.54, 1.807) is 0 Å². The van der Waals surface area contributed by atoms with Crippen LogP contribution in [0.1, 0.15) is 50.5 Å². The highest BCUT2D eigenvalue weighted by Gasteiger charge is 2.07. The van der Waals surface area contributed by atoms with Gasteiger partial charge in [-0.3, -0.25) is 0 Å². The van der Waals surface area contributed by atoms with Crippen LogP contribution in [0.2, 0.25) is 0 Å². The summed E-state index contributed by atoms with van der Waals surface area (Å²) < 4.78 is 0. The lowest BCUT2D eigenvalue weighted by Crippen LogP contribution is -1.95. The summed E-state index contributed by atoms with van der Waals surface area (Å²) >= 11 is 0.